The first-order valence-corrected chi connectivity index (χ1v) is 8.61. The third kappa shape index (κ3) is 5.84. The maximum Gasteiger partial charge on any atom is 0.271 e. The number of nitrogens with zero attached hydrogens (tertiary/aromatic N) is 4. The van der Waals surface area contributed by atoms with Crippen LogP contribution in [0.5, 0.6) is 5.75 Å². The third-order valence-electron chi connectivity index (χ3n) is 3.66. The summed E-state index contributed by atoms with van der Waals surface area (Å²) in [4.78, 5) is 24.4. The van der Waals surface area contributed by atoms with Crippen LogP contribution >= 0.6 is 0 Å². The van der Waals surface area contributed by atoms with Gasteiger partial charge in [-0.3, -0.25) is 14.8 Å². The second-order valence-electron chi connectivity index (χ2n) is 5.85. The second-order valence-corrected chi connectivity index (χ2v) is 5.85. The average molecular weight is 373 g/mol. The van der Waals surface area contributed by atoms with Gasteiger partial charge in [-0.1, -0.05) is 23.8 Å². The van der Waals surface area contributed by atoms with Crippen molar-refractivity contribution >= 4 is 18.0 Å². The van der Waals surface area contributed by atoms with Crippen LogP contribution in [0.3, 0.4) is 0 Å². The van der Waals surface area contributed by atoms with Gasteiger partial charge >= 0.3 is 0 Å². The van der Waals surface area contributed by atoms with Gasteiger partial charge in [0, 0.05) is 42.1 Å². The molecule has 0 aliphatic heterocycles. The molecule has 0 unspecified atom stereocenters. The molecule has 1 N–H and O–H groups in total. The molecule has 0 aliphatic rings. The molecule has 0 bridgehead atoms. The quantitative estimate of drug-likeness (QED) is 0.409. The number of amidine groups is 1. The van der Waals surface area contributed by atoms with E-state index in [1.54, 1.807) is 43.1 Å². The molecule has 3 aromatic rings. The minimum absolute atomic E-state index is 0.0937. The van der Waals surface area contributed by atoms with Crippen molar-refractivity contribution < 1.29 is 9.53 Å². The van der Waals surface area contributed by atoms with E-state index >= 15 is 0 Å². The molecule has 0 saturated carbocycles. The molecule has 7 heteroatoms. The Bertz CT molecular complexity index is 955. The van der Waals surface area contributed by atoms with E-state index in [1.807, 2.05) is 43.3 Å². The molecule has 1 amide bonds. The van der Waals surface area contributed by atoms with Crippen molar-refractivity contribution in [2.24, 2.45) is 10.1 Å². The van der Waals surface area contributed by atoms with E-state index in [2.05, 4.69) is 25.5 Å². The number of aromatic nitrogens is 2. The molecule has 140 valence electrons. The Labute approximate surface area is 162 Å². The molecule has 0 aliphatic carbocycles. The van der Waals surface area contributed by atoms with E-state index in [0.717, 1.165) is 11.1 Å². The standard InChI is InChI=1S/C21H19N5O2/c1-16-4-6-19(7-5-16)28-15-20(24-14-17-3-2-10-23-13-17)25-26-21(27)18-8-11-22-12-9-18/h2-14H,15H2,1H3,(H,26,27)/b24-14?,25-20+. The minimum atomic E-state index is -0.355. The Kier molecular flexibility index (Phi) is 6.57. The summed E-state index contributed by atoms with van der Waals surface area (Å²) in [6.07, 6.45) is 8.06. The predicted molar refractivity (Wildman–Crippen MR) is 108 cm³/mol. The normalized spacial score (nSPS) is 11.4. The van der Waals surface area contributed by atoms with E-state index in [0.29, 0.717) is 17.1 Å². The Morgan fingerprint density at radius 1 is 1.07 bits per heavy atom. The number of amides is 1. The lowest BCUT2D eigenvalue weighted by atomic mass is 10.2. The fraction of sp³-hybridized carbons (Fsp3) is 0.0952. The predicted octanol–water partition coefficient (Wildman–Crippen LogP) is 3.03. The first-order valence-electron chi connectivity index (χ1n) is 8.61. The van der Waals surface area contributed by atoms with Gasteiger partial charge in [0.15, 0.2) is 5.84 Å². The molecular weight excluding hydrogens is 354 g/mol. The van der Waals surface area contributed by atoms with E-state index in [4.69, 9.17) is 4.74 Å². The smallest absolute Gasteiger partial charge is 0.271 e. The maximum atomic E-state index is 12.2. The fourth-order valence-electron chi connectivity index (χ4n) is 2.17. The SMILES string of the molecule is Cc1ccc(OC/C(N=Cc2cccnc2)=N\NC(=O)c2ccncc2)cc1. The van der Waals surface area contributed by atoms with Crippen LogP contribution in [0.15, 0.2) is 83.4 Å². The van der Waals surface area contributed by atoms with Crippen LogP contribution in [0.1, 0.15) is 21.5 Å². The molecule has 7 nitrogen and oxygen atoms in total. The zero-order valence-electron chi connectivity index (χ0n) is 15.3. The number of benzene rings is 1. The van der Waals surface area contributed by atoms with Crippen molar-refractivity contribution in [3.63, 3.8) is 0 Å². The van der Waals surface area contributed by atoms with Crippen LogP contribution in [0.25, 0.3) is 0 Å². The Hall–Kier alpha value is -3.87. The number of nitrogens with one attached hydrogen (secondary N) is 1. The highest BCUT2D eigenvalue weighted by molar-refractivity contribution is 5.98. The summed E-state index contributed by atoms with van der Waals surface area (Å²) < 4.78 is 5.73. The van der Waals surface area contributed by atoms with Gasteiger partial charge in [0.1, 0.15) is 12.4 Å². The number of aryl methyl sites for hydroxylation is 1. The van der Waals surface area contributed by atoms with Crippen molar-refractivity contribution in [1.82, 2.24) is 15.4 Å². The van der Waals surface area contributed by atoms with Crippen molar-refractivity contribution in [3.8, 4) is 5.75 Å². The van der Waals surface area contributed by atoms with Crippen LogP contribution in [-0.2, 0) is 0 Å². The highest BCUT2D eigenvalue weighted by Crippen LogP contribution is 2.11. The van der Waals surface area contributed by atoms with Gasteiger partial charge in [0.25, 0.3) is 5.91 Å². The van der Waals surface area contributed by atoms with Gasteiger partial charge in [-0.15, -0.1) is 0 Å². The van der Waals surface area contributed by atoms with Gasteiger partial charge in [-0.05, 0) is 37.3 Å². The van der Waals surface area contributed by atoms with Crippen molar-refractivity contribution in [3.05, 3.63) is 90.0 Å². The third-order valence-corrected chi connectivity index (χ3v) is 3.66. The number of hydrogen-bond donors (Lipinski definition) is 1. The number of aliphatic imine (C=N–C) groups is 1. The number of carbonyl (C=O) groups excluding carboxylic acids is 1. The number of hydrazone groups is 1. The number of hydrogen-bond acceptors (Lipinski definition) is 5. The molecule has 0 atom stereocenters. The first-order chi connectivity index (χ1) is 13.7. The van der Waals surface area contributed by atoms with E-state index in [-0.39, 0.29) is 12.5 Å². The monoisotopic (exact) mass is 373 g/mol. The summed E-state index contributed by atoms with van der Waals surface area (Å²) in [5.74, 6) is 0.647. The largest absolute Gasteiger partial charge is 0.486 e. The summed E-state index contributed by atoms with van der Waals surface area (Å²) in [5, 5.41) is 4.10. The zero-order valence-corrected chi connectivity index (χ0v) is 15.3. The molecule has 0 fully saturated rings. The van der Waals surface area contributed by atoms with Gasteiger partial charge < -0.3 is 4.74 Å². The van der Waals surface area contributed by atoms with Crippen LogP contribution < -0.4 is 10.2 Å². The number of ether oxygens (including phenoxy) is 1. The summed E-state index contributed by atoms with van der Waals surface area (Å²) >= 11 is 0. The Balaban J connectivity index is 1.72. The van der Waals surface area contributed by atoms with Crippen molar-refractivity contribution in [2.75, 3.05) is 6.61 Å². The fourth-order valence-corrected chi connectivity index (χ4v) is 2.17. The molecule has 0 saturated heterocycles. The highest BCUT2D eigenvalue weighted by atomic mass is 16.5. The molecule has 28 heavy (non-hydrogen) atoms. The van der Waals surface area contributed by atoms with Crippen LogP contribution in [-0.4, -0.2) is 34.5 Å². The van der Waals surface area contributed by atoms with Gasteiger partial charge in [-0.2, -0.15) is 5.10 Å². The second kappa shape index (κ2) is 9.72. The first kappa shape index (κ1) is 18.9. The lowest BCUT2D eigenvalue weighted by Gasteiger charge is -2.07. The molecule has 1 aromatic carbocycles. The Morgan fingerprint density at radius 3 is 2.57 bits per heavy atom. The summed E-state index contributed by atoms with van der Waals surface area (Å²) in [6, 6.07) is 14.5. The van der Waals surface area contributed by atoms with Gasteiger partial charge in [0.2, 0.25) is 0 Å². The maximum absolute atomic E-state index is 12.2. The zero-order chi connectivity index (χ0) is 19.6. The molecular formula is C21H19N5O2. The minimum Gasteiger partial charge on any atom is -0.486 e. The van der Waals surface area contributed by atoms with E-state index in [9.17, 15) is 4.79 Å². The van der Waals surface area contributed by atoms with Gasteiger partial charge in [-0.25, -0.2) is 10.4 Å². The summed E-state index contributed by atoms with van der Waals surface area (Å²) in [5.41, 5.74) is 4.90. The van der Waals surface area contributed by atoms with Gasteiger partial charge in [0.05, 0.1) is 0 Å². The van der Waals surface area contributed by atoms with Crippen molar-refractivity contribution in [1.29, 1.82) is 0 Å². The average Bonchev–Trinajstić information content (AvgIpc) is 2.75. The summed E-state index contributed by atoms with van der Waals surface area (Å²) in [6.45, 7) is 2.10. The van der Waals surface area contributed by atoms with E-state index < -0.39 is 0 Å². The topological polar surface area (TPSA) is 88.8 Å². The molecule has 3 rings (SSSR count). The number of rotatable bonds is 6. The van der Waals surface area contributed by atoms with Crippen LogP contribution in [0.4, 0.5) is 0 Å². The van der Waals surface area contributed by atoms with Crippen molar-refractivity contribution in [2.45, 2.75) is 6.92 Å². The molecule has 2 heterocycles. The highest BCUT2D eigenvalue weighted by Gasteiger charge is 2.05. The van der Waals surface area contributed by atoms with E-state index in [1.165, 1.54) is 0 Å². The van der Waals surface area contributed by atoms with Crippen LogP contribution in [0, 0.1) is 6.92 Å². The lowest BCUT2D eigenvalue weighted by molar-refractivity contribution is 0.0954. The number of pyridine rings is 2. The molecule has 0 spiro atoms. The van der Waals surface area contributed by atoms with Crippen LogP contribution in [0.2, 0.25) is 0 Å². The summed E-state index contributed by atoms with van der Waals surface area (Å²) in [7, 11) is 0. The molecule has 0 radical (unpaired) electrons. The lowest BCUT2D eigenvalue weighted by Crippen LogP contribution is -2.21. The molecule has 2 aromatic heterocycles. The number of carbonyl (C=O) groups is 1. The Morgan fingerprint density at radius 2 is 1.86 bits per heavy atom.